The van der Waals surface area contributed by atoms with E-state index in [0.29, 0.717) is 11.9 Å². The first kappa shape index (κ1) is 16.9. The van der Waals surface area contributed by atoms with Crippen LogP contribution in [0.25, 0.3) is 17.2 Å². The molecule has 26 heavy (non-hydrogen) atoms. The van der Waals surface area contributed by atoms with E-state index >= 15 is 0 Å². The number of aromatic nitrogens is 4. The highest BCUT2D eigenvalue weighted by Gasteiger charge is 2.22. The highest BCUT2D eigenvalue weighted by Crippen LogP contribution is 2.28. The van der Waals surface area contributed by atoms with Crippen LogP contribution >= 0.6 is 0 Å². The van der Waals surface area contributed by atoms with Crippen LogP contribution in [0.15, 0.2) is 35.8 Å². The minimum Gasteiger partial charge on any atom is -0.381 e. The Balaban J connectivity index is 1.41. The molecular weight excluding hydrogens is 328 g/mol. The topological polar surface area (TPSA) is 79.3 Å². The van der Waals surface area contributed by atoms with E-state index in [9.17, 15) is 0 Å². The molecule has 4 rings (SSSR count). The molecule has 2 aliphatic rings. The average Bonchev–Trinajstić information content (AvgIpc) is 3.24. The van der Waals surface area contributed by atoms with E-state index in [4.69, 9.17) is 4.74 Å². The molecule has 0 amide bonds. The van der Waals surface area contributed by atoms with Gasteiger partial charge in [0.15, 0.2) is 5.82 Å². The maximum atomic E-state index is 5.48. The zero-order valence-corrected chi connectivity index (χ0v) is 15.0. The Bertz CT molecular complexity index is 760. The predicted molar refractivity (Wildman–Crippen MR) is 100 cm³/mol. The van der Waals surface area contributed by atoms with Crippen molar-refractivity contribution >= 4 is 11.9 Å². The number of ether oxygens (including phenoxy) is 1. The number of nitrogens with zero attached hydrogens (tertiary/aromatic N) is 5. The lowest BCUT2D eigenvalue weighted by molar-refractivity contribution is 0.0531. The molecule has 0 unspecified atom stereocenters. The van der Waals surface area contributed by atoms with Crippen molar-refractivity contribution in [2.24, 2.45) is 10.9 Å². The van der Waals surface area contributed by atoms with Gasteiger partial charge in [0.1, 0.15) is 12.0 Å². The zero-order valence-electron chi connectivity index (χ0n) is 15.0. The van der Waals surface area contributed by atoms with Gasteiger partial charge in [-0.1, -0.05) is 0 Å². The molecule has 0 bridgehead atoms. The molecule has 7 heteroatoms. The van der Waals surface area contributed by atoms with Gasteiger partial charge in [-0.25, -0.2) is 4.98 Å². The van der Waals surface area contributed by atoms with Crippen LogP contribution in [0.5, 0.6) is 0 Å². The third-order valence-electron chi connectivity index (χ3n) is 5.19. The van der Waals surface area contributed by atoms with Crippen LogP contribution in [0.1, 0.15) is 31.2 Å². The van der Waals surface area contributed by atoms with Crippen LogP contribution in [0.4, 0.5) is 0 Å². The van der Waals surface area contributed by atoms with Crippen LogP contribution in [-0.4, -0.2) is 57.6 Å². The maximum Gasteiger partial charge on any atom is 0.174 e. The summed E-state index contributed by atoms with van der Waals surface area (Å²) in [5, 5.41) is 6.69. The lowest BCUT2D eigenvalue weighted by Crippen LogP contribution is -2.32. The van der Waals surface area contributed by atoms with Crippen molar-refractivity contribution in [1.29, 1.82) is 0 Å². The normalized spacial score (nSPS) is 23.1. The Labute approximate surface area is 153 Å². The smallest absolute Gasteiger partial charge is 0.174 e. The molecule has 2 aromatic heterocycles. The first-order valence-corrected chi connectivity index (χ1v) is 9.15. The molecule has 3 heterocycles. The van der Waals surface area contributed by atoms with E-state index in [2.05, 4.69) is 36.3 Å². The first-order chi connectivity index (χ1) is 12.8. The third-order valence-corrected chi connectivity index (χ3v) is 5.19. The molecular formula is C19H24N6O. The lowest BCUT2D eigenvalue weighted by atomic mass is 9.87. The van der Waals surface area contributed by atoms with Crippen LogP contribution in [-0.2, 0) is 4.74 Å². The Morgan fingerprint density at radius 2 is 2.08 bits per heavy atom. The van der Waals surface area contributed by atoms with E-state index in [1.54, 1.807) is 0 Å². The molecule has 0 atom stereocenters. The number of methoxy groups -OCH3 is 1. The summed E-state index contributed by atoms with van der Waals surface area (Å²) in [6, 6.07) is 3.97. The van der Waals surface area contributed by atoms with E-state index in [-0.39, 0.29) is 0 Å². The fraction of sp³-hybridized carbons (Fsp3) is 0.474. The van der Waals surface area contributed by atoms with Crippen LogP contribution in [0, 0.1) is 5.92 Å². The number of aromatic amines is 1. The number of H-pyrrole nitrogens is 1. The molecule has 7 nitrogen and oxygen atoms in total. The number of hydrogen-bond donors (Lipinski definition) is 1. The van der Waals surface area contributed by atoms with Crippen molar-refractivity contribution in [3.05, 3.63) is 36.4 Å². The van der Waals surface area contributed by atoms with Crippen molar-refractivity contribution in [3.63, 3.8) is 0 Å². The molecule has 1 fully saturated rings. The predicted octanol–water partition coefficient (Wildman–Crippen LogP) is 2.76. The number of rotatable bonds is 5. The van der Waals surface area contributed by atoms with Crippen LogP contribution in [0.3, 0.4) is 0 Å². The van der Waals surface area contributed by atoms with Gasteiger partial charge in [0.05, 0.1) is 18.3 Å². The third kappa shape index (κ3) is 3.83. The summed E-state index contributed by atoms with van der Waals surface area (Å²) in [6.07, 6.45) is 12.7. The van der Waals surface area contributed by atoms with Gasteiger partial charge in [-0.15, -0.1) is 0 Å². The maximum absolute atomic E-state index is 5.48. The van der Waals surface area contributed by atoms with Gasteiger partial charge in [0.2, 0.25) is 0 Å². The molecule has 1 aliphatic heterocycles. The van der Waals surface area contributed by atoms with Crippen molar-refractivity contribution in [2.45, 2.75) is 31.8 Å². The minimum absolute atomic E-state index is 0.453. The van der Waals surface area contributed by atoms with E-state index in [1.165, 1.54) is 32.0 Å². The first-order valence-electron chi connectivity index (χ1n) is 9.15. The van der Waals surface area contributed by atoms with Gasteiger partial charge in [0, 0.05) is 37.8 Å². The Kier molecular flexibility index (Phi) is 5.06. The molecule has 1 N–H and O–H groups in total. The summed E-state index contributed by atoms with van der Waals surface area (Å²) in [5.74, 6) is 1.41. The standard InChI is InChI=1S/C19H24N6O/c1-26-16-5-2-14(3-6-16)11-25-9-8-20-18(12-25)15-4-7-17(21-10-15)19-22-13-23-24-19/h4,7-8,10,12-14,16H,2-3,5-6,9,11H2,1H3,(H,22,23,24). The Hall–Kier alpha value is -2.54. The zero-order chi connectivity index (χ0) is 17.8. The van der Waals surface area contributed by atoms with Gasteiger partial charge in [-0.05, 0) is 43.7 Å². The second-order valence-electron chi connectivity index (χ2n) is 6.92. The van der Waals surface area contributed by atoms with Gasteiger partial charge in [0.25, 0.3) is 0 Å². The molecule has 0 saturated heterocycles. The Morgan fingerprint density at radius 1 is 1.19 bits per heavy atom. The minimum atomic E-state index is 0.453. The largest absolute Gasteiger partial charge is 0.381 e. The molecule has 1 aliphatic carbocycles. The van der Waals surface area contributed by atoms with Crippen molar-refractivity contribution in [3.8, 4) is 11.5 Å². The van der Waals surface area contributed by atoms with Crippen molar-refractivity contribution < 1.29 is 4.74 Å². The molecule has 0 radical (unpaired) electrons. The summed E-state index contributed by atoms with van der Waals surface area (Å²) in [7, 11) is 1.82. The highest BCUT2D eigenvalue weighted by atomic mass is 16.5. The molecule has 0 spiro atoms. The van der Waals surface area contributed by atoms with Crippen LogP contribution < -0.4 is 0 Å². The monoisotopic (exact) mass is 352 g/mol. The van der Waals surface area contributed by atoms with E-state index in [1.807, 2.05) is 31.7 Å². The number of nitrogens with one attached hydrogen (secondary N) is 1. The van der Waals surface area contributed by atoms with Crippen molar-refractivity contribution in [1.82, 2.24) is 25.1 Å². The summed E-state index contributed by atoms with van der Waals surface area (Å²) in [4.78, 5) is 15.5. The number of pyridine rings is 1. The second-order valence-corrected chi connectivity index (χ2v) is 6.92. The molecule has 136 valence electrons. The van der Waals surface area contributed by atoms with Gasteiger partial charge < -0.3 is 9.64 Å². The SMILES string of the molecule is COC1CCC(CN2C=C(c3ccc(-c4ncn[nH]4)nc3)N=CC2)CC1. The summed E-state index contributed by atoms with van der Waals surface area (Å²) in [5.41, 5.74) is 2.74. The summed E-state index contributed by atoms with van der Waals surface area (Å²) in [6.45, 7) is 1.95. The number of aliphatic imine (C=N–C) groups is 1. The molecule has 0 aromatic carbocycles. The molecule has 1 saturated carbocycles. The summed E-state index contributed by atoms with van der Waals surface area (Å²) >= 11 is 0. The second kappa shape index (κ2) is 7.78. The number of hydrogen-bond acceptors (Lipinski definition) is 6. The van der Waals surface area contributed by atoms with E-state index < -0.39 is 0 Å². The van der Waals surface area contributed by atoms with Gasteiger partial charge in [-0.3, -0.25) is 15.1 Å². The van der Waals surface area contributed by atoms with Gasteiger partial charge in [-0.2, -0.15) is 5.10 Å². The fourth-order valence-electron chi connectivity index (χ4n) is 3.68. The van der Waals surface area contributed by atoms with Crippen LogP contribution in [0.2, 0.25) is 0 Å². The lowest BCUT2D eigenvalue weighted by Gasteiger charge is -2.32. The quantitative estimate of drug-likeness (QED) is 0.895. The molecule has 2 aromatic rings. The van der Waals surface area contributed by atoms with Crippen molar-refractivity contribution in [2.75, 3.05) is 20.2 Å². The Morgan fingerprint density at radius 3 is 2.77 bits per heavy atom. The summed E-state index contributed by atoms with van der Waals surface area (Å²) < 4.78 is 5.48. The fourth-order valence-corrected chi connectivity index (χ4v) is 3.68. The average molecular weight is 352 g/mol. The van der Waals surface area contributed by atoms with E-state index in [0.717, 1.165) is 36.0 Å². The highest BCUT2D eigenvalue weighted by molar-refractivity contribution is 5.77. The van der Waals surface area contributed by atoms with Gasteiger partial charge >= 0.3 is 0 Å².